The van der Waals surface area contributed by atoms with E-state index in [1.165, 1.54) is 12.8 Å². The first-order valence-corrected chi connectivity index (χ1v) is 11.1. The van der Waals surface area contributed by atoms with Gasteiger partial charge in [0.05, 0.1) is 6.61 Å². The van der Waals surface area contributed by atoms with E-state index < -0.39 is 5.60 Å². The Morgan fingerprint density at radius 1 is 1.03 bits per heavy atom. The van der Waals surface area contributed by atoms with E-state index >= 15 is 0 Å². The summed E-state index contributed by atoms with van der Waals surface area (Å²) in [5.74, 6) is 1.50. The van der Waals surface area contributed by atoms with Gasteiger partial charge in [-0.1, -0.05) is 19.3 Å². The molecule has 6 nitrogen and oxygen atoms in total. The fourth-order valence-electron chi connectivity index (χ4n) is 3.58. The molecule has 1 aliphatic rings. The highest BCUT2D eigenvalue weighted by atomic mass is 16.6. The summed E-state index contributed by atoms with van der Waals surface area (Å²) in [4.78, 5) is 27.4. The maximum Gasteiger partial charge on any atom is 0.410 e. The van der Waals surface area contributed by atoms with Crippen LogP contribution in [0.3, 0.4) is 0 Å². The Bertz CT molecular complexity index is 671. The molecule has 0 saturated carbocycles. The van der Waals surface area contributed by atoms with Crippen LogP contribution < -0.4 is 4.74 Å². The zero-order valence-corrected chi connectivity index (χ0v) is 19.3. The number of ether oxygens (including phenoxy) is 2. The van der Waals surface area contributed by atoms with E-state index in [4.69, 9.17) is 9.47 Å². The molecule has 0 bridgehead atoms. The molecule has 0 atom stereocenters. The maximum absolute atomic E-state index is 12.1. The Hall–Kier alpha value is -2.24. The lowest BCUT2D eigenvalue weighted by Crippen LogP contribution is -2.41. The molecule has 0 spiro atoms. The molecule has 1 aromatic rings. The average Bonchev–Trinajstić information content (AvgIpc) is 2.69. The minimum Gasteiger partial charge on any atom is -0.494 e. The summed E-state index contributed by atoms with van der Waals surface area (Å²) in [5, 5.41) is 0. The van der Waals surface area contributed by atoms with Crippen molar-refractivity contribution in [3.63, 3.8) is 0 Å². The van der Waals surface area contributed by atoms with Gasteiger partial charge in [-0.2, -0.15) is 0 Å². The second-order valence-corrected chi connectivity index (χ2v) is 9.33. The number of nitrogens with zero attached hydrogens (tertiary/aromatic N) is 2. The quantitative estimate of drug-likeness (QED) is 0.559. The first-order chi connectivity index (χ1) is 14.2. The minimum atomic E-state index is -0.429. The number of hydrogen-bond acceptors (Lipinski definition) is 4. The van der Waals surface area contributed by atoms with E-state index in [0.29, 0.717) is 18.1 Å². The summed E-state index contributed by atoms with van der Waals surface area (Å²) in [6.07, 6.45) is 6.51. The molecular formula is C24H38N2O4. The average molecular weight is 419 g/mol. The number of benzene rings is 1. The van der Waals surface area contributed by atoms with E-state index in [-0.39, 0.29) is 12.0 Å². The molecule has 0 unspecified atom stereocenters. The standard InChI is InChI=1S/C24H38N2O4/c1-24(2,3)30-23(28)26-16-14-19(15-17-26)9-7-6-8-18-29-21-12-10-20(11-13-21)22(27)25(4)5/h10-13,19H,6-9,14-18H2,1-5H3. The molecule has 1 aromatic carbocycles. The van der Waals surface area contributed by atoms with E-state index in [2.05, 4.69) is 0 Å². The van der Waals surface area contributed by atoms with Crippen LogP contribution in [-0.2, 0) is 4.74 Å². The molecule has 168 valence electrons. The molecule has 0 N–H and O–H groups in total. The van der Waals surface area contributed by atoms with Crippen LogP contribution in [0, 0.1) is 5.92 Å². The normalized spacial score (nSPS) is 15.0. The molecule has 30 heavy (non-hydrogen) atoms. The summed E-state index contributed by atoms with van der Waals surface area (Å²) in [7, 11) is 3.49. The number of likely N-dealkylation sites (tertiary alicyclic amines) is 1. The molecule has 6 heteroatoms. The van der Waals surface area contributed by atoms with Crippen LogP contribution in [0.2, 0.25) is 0 Å². The van der Waals surface area contributed by atoms with Gasteiger partial charge >= 0.3 is 6.09 Å². The molecule has 0 radical (unpaired) electrons. The topological polar surface area (TPSA) is 59.1 Å². The predicted molar refractivity (Wildman–Crippen MR) is 119 cm³/mol. The number of rotatable bonds is 8. The number of amides is 2. The Morgan fingerprint density at radius 2 is 1.67 bits per heavy atom. The highest BCUT2D eigenvalue weighted by Crippen LogP contribution is 2.24. The van der Waals surface area contributed by atoms with Crippen molar-refractivity contribution in [3.05, 3.63) is 29.8 Å². The van der Waals surface area contributed by atoms with Gasteiger partial charge in [0.15, 0.2) is 0 Å². The number of carbonyl (C=O) groups excluding carboxylic acids is 2. The van der Waals surface area contributed by atoms with Crippen molar-refractivity contribution >= 4 is 12.0 Å². The smallest absolute Gasteiger partial charge is 0.410 e. The summed E-state index contributed by atoms with van der Waals surface area (Å²) in [6.45, 7) is 8.01. The second kappa shape index (κ2) is 11.2. The van der Waals surface area contributed by atoms with Crippen molar-refractivity contribution in [2.75, 3.05) is 33.8 Å². The maximum atomic E-state index is 12.1. The molecule has 1 saturated heterocycles. The Morgan fingerprint density at radius 3 is 2.23 bits per heavy atom. The Balaban J connectivity index is 1.55. The first-order valence-electron chi connectivity index (χ1n) is 11.1. The van der Waals surface area contributed by atoms with Crippen molar-refractivity contribution in [3.8, 4) is 5.75 Å². The van der Waals surface area contributed by atoms with E-state index in [0.717, 1.165) is 44.5 Å². The van der Waals surface area contributed by atoms with Gasteiger partial charge in [-0.05, 0) is 70.2 Å². The highest BCUT2D eigenvalue weighted by molar-refractivity contribution is 5.93. The lowest BCUT2D eigenvalue weighted by molar-refractivity contribution is 0.0180. The van der Waals surface area contributed by atoms with Gasteiger partial charge in [-0.15, -0.1) is 0 Å². The van der Waals surface area contributed by atoms with Crippen LogP contribution in [-0.4, -0.2) is 61.2 Å². The van der Waals surface area contributed by atoms with Gasteiger partial charge in [0.2, 0.25) is 0 Å². The summed E-state index contributed by atoms with van der Waals surface area (Å²) >= 11 is 0. The Kier molecular flexibility index (Phi) is 9.00. The van der Waals surface area contributed by atoms with Crippen molar-refractivity contribution in [1.29, 1.82) is 0 Å². The summed E-state index contributed by atoms with van der Waals surface area (Å²) in [6, 6.07) is 7.33. The SMILES string of the molecule is CN(C)C(=O)c1ccc(OCCCCCC2CCN(C(=O)OC(C)(C)C)CC2)cc1. The third-order valence-corrected chi connectivity index (χ3v) is 5.30. The van der Waals surface area contributed by atoms with E-state index in [9.17, 15) is 9.59 Å². The van der Waals surface area contributed by atoms with Gasteiger partial charge in [0, 0.05) is 32.7 Å². The second-order valence-electron chi connectivity index (χ2n) is 9.33. The number of carbonyl (C=O) groups is 2. The first kappa shape index (κ1) is 24.0. The molecule has 0 aliphatic carbocycles. The van der Waals surface area contributed by atoms with Crippen molar-refractivity contribution < 1.29 is 19.1 Å². The number of piperidine rings is 1. The van der Waals surface area contributed by atoms with Crippen LogP contribution in [0.15, 0.2) is 24.3 Å². The van der Waals surface area contributed by atoms with E-state index in [1.807, 2.05) is 37.8 Å². The molecule has 1 aliphatic heterocycles. The van der Waals surface area contributed by atoms with Gasteiger partial charge in [0.25, 0.3) is 5.91 Å². The highest BCUT2D eigenvalue weighted by Gasteiger charge is 2.26. The van der Waals surface area contributed by atoms with Gasteiger partial charge < -0.3 is 19.3 Å². The van der Waals surface area contributed by atoms with Crippen molar-refractivity contribution in [1.82, 2.24) is 9.80 Å². The Labute approximate surface area is 181 Å². The van der Waals surface area contributed by atoms with Crippen LogP contribution in [0.1, 0.15) is 69.7 Å². The number of hydrogen-bond donors (Lipinski definition) is 0. The predicted octanol–water partition coefficient (Wildman–Crippen LogP) is 4.97. The van der Waals surface area contributed by atoms with Crippen LogP contribution in [0.4, 0.5) is 4.79 Å². The molecule has 2 amide bonds. The molecule has 2 rings (SSSR count). The monoisotopic (exact) mass is 418 g/mol. The van der Waals surface area contributed by atoms with Crippen molar-refractivity contribution in [2.24, 2.45) is 5.92 Å². The van der Waals surface area contributed by atoms with Gasteiger partial charge in [0.1, 0.15) is 11.4 Å². The third-order valence-electron chi connectivity index (χ3n) is 5.30. The molecular weight excluding hydrogens is 380 g/mol. The summed E-state index contributed by atoms with van der Waals surface area (Å²) < 4.78 is 11.2. The van der Waals surface area contributed by atoms with Crippen LogP contribution in [0.5, 0.6) is 5.75 Å². The minimum absolute atomic E-state index is 0.00141. The zero-order chi connectivity index (χ0) is 22.1. The van der Waals surface area contributed by atoms with Gasteiger partial charge in [-0.3, -0.25) is 4.79 Å². The molecule has 0 aromatic heterocycles. The van der Waals surface area contributed by atoms with Crippen LogP contribution >= 0.6 is 0 Å². The number of unbranched alkanes of at least 4 members (excludes halogenated alkanes) is 2. The van der Waals surface area contributed by atoms with E-state index in [1.54, 1.807) is 31.1 Å². The fourth-order valence-corrected chi connectivity index (χ4v) is 3.58. The van der Waals surface area contributed by atoms with Crippen LogP contribution in [0.25, 0.3) is 0 Å². The molecule has 1 heterocycles. The zero-order valence-electron chi connectivity index (χ0n) is 19.3. The lowest BCUT2D eigenvalue weighted by atomic mass is 9.91. The molecule has 1 fully saturated rings. The fraction of sp³-hybridized carbons (Fsp3) is 0.667. The summed E-state index contributed by atoms with van der Waals surface area (Å²) in [5.41, 5.74) is 0.242. The van der Waals surface area contributed by atoms with Gasteiger partial charge in [-0.25, -0.2) is 4.79 Å². The lowest BCUT2D eigenvalue weighted by Gasteiger charge is -2.33. The van der Waals surface area contributed by atoms with Crippen molar-refractivity contribution in [2.45, 2.75) is 64.9 Å². The third kappa shape index (κ3) is 8.25. The largest absolute Gasteiger partial charge is 0.494 e.